The minimum absolute atomic E-state index is 0.135. The molecule has 0 aliphatic carbocycles. The zero-order valence-electron chi connectivity index (χ0n) is 18.0. The number of rotatable bonds is 8. The van der Waals surface area contributed by atoms with Gasteiger partial charge in [0.2, 0.25) is 15.9 Å². The minimum Gasteiger partial charge on any atom is -0.354 e. The minimum atomic E-state index is -3.79. The molecule has 0 aliphatic heterocycles. The van der Waals surface area contributed by atoms with Gasteiger partial charge in [-0.05, 0) is 44.0 Å². The maximum absolute atomic E-state index is 12.8. The molecule has 162 valence electrons. The molecule has 0 heterocycles. The Balaban J connectivity index is 1.74. The van der Waals surface area contributed by atoms with Crippen molar-refractivity contribution < 1.29 is 13.2 Å². The summed E-state index contributed by atoms with van der Waals surface area (Å²) in [6.45, 7) is 5.83. The van der Waals surface area contributed by atoms with Crippen LogP contribution in [0.4, 0.5) is 0 Å². The molecule has 0 fully saturated rings. The van der Waals surface area contributed by atoms with Crippen LogP contribution in [0.3, 0.4) is 0 Å². The van der Waals surface area contributed by atoms with Crippen LogP contribution in [-0.2, 0) is 20.2 Å². The molecule has 0 radical (unpaired) electrons. The Kier molecular flexibility index (Phi) is 6.93. The van der Waals surface area contributed by atoms with Gasteiger partial charge in [-0.3, -0.25) is 4.79 Å². The zero-order valence-corrected chi connectivity index (χ0v) is 18.8. The van der Waals surface area contributed by atoms with Crippen LogP contribution in [0, 0.1) is 6.92 Å². The normalized spacial score (nSPS) is 12.9. The topological polar surface area (TPSA) is 75.3 Å². The van der Waals surface area contributed by atoms with E-state index < -0.39 is 21.5 Å². The van der Waals surface area contributed by atoms with Crippen LogP contribution in [0.2, 0.25) is 0 Å². The van der Waals surface area contributed by atoms with Crippen molar-refractivity contribution in [3.05, 3.63) is 102 Å². The van der Waals surface area contributed by atoms with Gasteiger partial charge < -0.3 is 5.32 Å². The first-order chi connectivity index (χ1) is 14.7. The van der Waals surface area contributed by atoms with Gasteiger partial charge in [-0.1, -0.05) is 78.4 Å². The Morgan fingerprint density at radius 3 is 1.84 bits per heavy atom. The number of hydrogen-bond acceptors (Lipinski definition) is 3. The average Bonchev–Trinajstić information content (AvgIpc) is 2.78. The SMILES string of the molecule is Cc1ccc(S(=O)(=O)N[C@@H](C)C(=O)NCC(C)(c2ccccc2)c2ccccc2)cc1. The van der Waals surface area contributed by atoms with Gasteiger partial charge in [0.15, 0.2) is 0 Å². The summed E-state index contributed by atoms with van der Waals surface area (Å²) in [6.07, 6.45) is 0. The summed E-state index contributed by atoms with van der Waals surface area (Å²) < 4.78 is 27.7. The summed E-state index contributed by atoms with van der Waals surface area (Å²) >= 11 is 0. The fourth-order valence-electron chi connectivity index (χ4n) is 3.47. The van der Waals surface area contributed by atoms with Crippen molar-refractivity contribution in [3.63, 3.8) is 0 Å². The lowest BCUT2D eigenvalue weighted by Crippen LogP contribution is -2.48. The van der Waals surface area contributed by atoms with Crippen molar-refractivity contribution in [3.8, 4) is 0 Å². The van der Waals surface area contributed by atoms with E-state index in [1.807, 2.05) is 67.6 Å². The second kappa shape index (κ2) is 9.45. The maximum Gasteiger partial charge on any atom is 0.241 e. The molecule has 31 heavy (non-hydrogen) atoms. The fourth-order valence-corrected chi connectivity index (χ4v) is 4.67. The molecule has 0 unspecified atom stereocenters. The van der Waals surface area contributed by atoms with E-state index in [4.69, 9.17) is 0 Å². The van der Waals surface area contributed by atoms with Crippen LogP contribution < -0.4 is 10.0 Å². The van der Waals surface area contributed by atoms with Crippen molar-refractivity contribution >= 4 is 15.9 Å². The van der Waals surface area contributed by atoms with Crippen LogP contribution in [0.25, 0.3) is 0 Å². The van der Waals surface area contributed by atoms with Gasteiger partial charge in [0.05, 0.1) is 10.9 Å². The maximum atomic E-state index is 12.8. The lowest BCUT2D eigenvalue weighted by Gasteiger charge is -2.32. The number of carbonyl (C=O) groups is 1. The molecule has 0 saturated carbocycles. The molecule has 2 N–H and O–H groups in total. The van der Waals surface area contributed by atoms with Crippen LogP contribution in [0.1, 0.15) is 30.5 Å². The van der Waals surface area contributed by atoms with Gasteiger partial charge in [0, 0.05) is 12.0 Å². The second-order valence-corrected chi connectivity index (χ2v) is 9.65. The Hall–Kier alpha value is -2.96. The number of amides is 1. The molecule has 0 aliphatic rings. The van der Waals surface area contributed by atoms with Crippen molar-refractivity contribution in [1.82, 2.24) is 10.0 Å². The number of nitrogens with one attached hydrogen (secondary N) is 2. The lowest BCUT2D eigenvalue weighted by atomic mass is 9.76. The molecule has 3 rings (SSSR count). The van der Waals surface area contributed by atoms with Crippen LogP contribution in [0.5, 0.6) is 0 Å². The largest absolute Gasteiger partial charge is 0.354 e. The Morgan fingerprint density at radius 2 is 1.35 bits per heavy atom. The van der Waals surface area contributed by atoms with Crippen molar-refractivity contribution in [2.24, 2.45) is 0 Å². The molecule has 0 spiro atoms. The first-order valence-electron chi connectivity index (χ1n) is 10.2. The van der Waals surface area contributed by atoms with E-state index in [2.05, 4.69) is 17.0 Å². The lowest BCUT2D eigenvalue weighted by molar-refractivity contribution is -0.122. The summed E-state index contributed by atoms with van der Waals surface area (Å²) in [6, 6.07) is 25.5. The molecule has 0 saturated heterocycles. The fraction of sp³-hybridized carbons (Fsp3) is 0.240. The van der Waals surface area contributed by atoms with E-state index in [0.717, 1.165) is 16.7 Å². The molecular formula is C25H28N2O3S. The van der Waals surface area contributed by atoms with Gasteiger partial charge >= 0.3 is 0 Å². The van der Waals surface area contributed by atoms with Crippen molar-refractivity contribution in [2.45, 2.75) is 37.1 Å². The molecule has 3 aromatic carbocycles. The smallest absolute Gasteiger partial charge is 0.241 e. The highest BCUT2D eigenvalue weighted by Crippen LogP contribution is 2.31. The van der Waals surface area contributed by atoms with E-state index in [1.54, 1.807) is 19.1 Å². The third-order valence-corrected chi connectivity index (χ3v) is 7.05. The monoisotopic (exact) mass is 436 g/mol. The van der Waals surface area contributed by atoms with Crippen molar-refractivity contribution in [2.75, 3.05) is 6.54 Å². The third-order valence-electron chi connectivity index (χ3n) is 5.49. The van der Waals surface area contributed by atoms with Gasteiger partial charge in [-0.25, -0.2) is 8.42 Å². The Bertz CT molecular complexity index is 1070. The number of carbonyl (C=O) groups excluding carboxylic acids is 1. The summed E-state index contributed by atoms with van der Waals surface area (Å²) in [5.41, 5.74) is 2.63. The Morgan fingerprint density at radius 1 is 0.871 bits per heavy atom. The van der Waals surface area contributed by atoms with Crippen molar-refractivity contribution in [1.29, 1.82) is 0 Å². The molecular weight excluding hydrogens is 408 g/mol. The average molecular weight is 437 g/mol. The van der Waals surface area contributed by atoms with Gasteiger partial charge in [-0.2, -0.15) is 4.72 Å². The molecule has 6 heteroatoms. The second-order valence-electron chi connectivity index (χ2n) is 7.94. The number of benzene rings is 3. The highest BCUT2D eigenvalue weighted by Gasteiger charge is 2.30. The van der Waals surface area contributed by atoms with E-state index in [1.165, 1.54) is 12.1 Å². The molecule has 3 aromatic rings. The van der Waals surface area contributed by atoms with Gasteiger partial charge in [0.1, 0.15) is 0 Å². The number of aryl methyl sites for hydroxylation is 1. The highest BCUT2D eigenvalue weighted by atomic mass is 32.2. The molecule has 1 atom stereocenters. The summed E-state index contributed by atoms with van der Waals surface area (Å²) in [7, 11) is -3.79. The van der Waals surface area contributed by atoms with Crippen LogP contribution in [-0.4, -0.2) is 26.9 Å². The standard InChI is InChI=1S/C25H28N2O3S/c1-19-14-16-23(17-15-19)31(29,30)27-20(2)24(28)26-18-25(3,21-10-6-4-7-11-21)22-12-8-5-9-13-22/h4-17,20,27H,18H2,1-3H3,(H,26,28)/t20-/m0/s1. The van der Waals surface area contributed by atoms with Gasteiger partial charge in [-0.15, -0.1) is 0 Å². The first kappa shape index (κ1) is 22.7. The van der Waals surface area contributed by atoms with E-state index in [0.29, 0.717) is 6.54 Å². The van der Waals surface area contributed by atoms with Crippen LogP contribution in [0.15, 0.2) is 89.8 Å². The molecule has 0 bridgehead atoms. The van der Waals surface area contributed by atoms with E-state index in [9.17, 15) is 13.2 Å². The van der Waals surface area contributed by atoms with E-state index >= 15 is 0 Å². The van der Waals surface area contributed by atoms with E-state index in [-0.39, 0.29) is 10.8 Å². The summed E-state index contributed by atoms with van der Waals surface area (Å²) in [5, 5.41) is 2.94. The quantitative estimate of drug-likeness (QED) is 0.564. The first-order valence-corrected chi connectivity index (χ1v) is 11.7. The summed E-state index contributed by atoms with van der Waals surface area (Å²) in [5.74, 6) is -0.381. The highest BCUT2D eigenvalue weighted by molar-refractivity contribution is 7.89. The number of hydrogen-bond donors (Lipinski definition) is 2. The summed E-state index contributed by atoms with van der Waals surface area (Å²) in [4.78, 5) is 12.9. The van der Waals surface area contributed by atoms with Crippen LogP contribution >= 0.6 is 0 Å². The Labute approximate surface area is 184 Å². The third kappa shape index (κ3) is 5.40. The zero-order chi connectivity index (χ0) is 22.5. The molecule has 0 aromatic heterocycles. The van der Waals surface area contributed by atoms with Gasteiger partial charge in [0.25, 0.3) is 0 Å². The predicted molar refractivity (Wildman–Crippen MR) is 123 cm³/mol. The molecule has 1 amide bonds. The predicted octanol–water partition coefficient (Wildman–Crippen LogP) is 3.78. The molecule has 5 nitrogen and oxygen atoms in total. The number of sulfonamides is 1.